The summed E-state index contributed by atoms with van der Waals surface area (Å²) in [5, 5.41) is 9.55. The lowest BCUT2D eigenvalue weighted by molar-refractivity contribution is 0.778. The van der Waals surface area contributed by atoms with Crippen LogP contribution in [0.4, 0.5) is 0 Å². The molecule has 0 spiro atoms. The van der Waals surface area contributed by atoms with Gasteiger partial charge in [0.15, 0.2) is 0 Å². The third-order valence-corrected chi connectivity index (χ3v) is 3.46. The van der Waals surface area contributed by atoms with Crippen molar-refractivity contribution in [1.82, 2.24) is 0 Å². The topological polar surface area (TPSA) is 23.8 Å². The smallest absolute Gasteiger partial charge is 0.100 e. The highest BCUT2D eigenvalue weighted by Gasteiger charge is 2.02. The highest BCUT2D eigenvalue weighted by Crippen LogP contribution is 2.26. The molecule has 1 aromatic carbocycles. The Labute approximate surface area is 100 Å². The number of rotatable bonds is 5. The van der Waals surface area contributed by atoms with Crippen LogP contribution < -0.4 is 0 Å². The van der Waals surface area contributed by atoms with Crippen molar-refractivity contribution in [3.05, 3.63) is 28.8 Å². The Bertz CT molecular complexity index is 357. The minimum atomic E-state index is 0.629. The maximum atomic E-state index is 8.92. The lowest BCUT2D eigenvalue weighted by Gasteiger charge is -2.03. The zero-order valence-corrected chi connectivity index (χ0v) is 10.4. The van der Waals surface area contributed by atoms with Gasteiger partial charge in [0.25, 0.3) is 0 Å². The van der Waals surface area contributed by atoms with Gasteiger partial charge in [-0.25, -0.2) is 0 Å². The number of halogens is 1. The second-order valence-corrected chi connectivity index (χ2v) is 4.88. The maximum Gasteiger partial charge on any atom is 0.100 e. The molecule has 0 aliphatic carbocycles. The van der Waals surface area contributed by atoms with Gasteiger partial charge in [-0.05, 0) is 30.4 Å². The fourth-order valence-electron chi connectivity index (χ4n) is 1.25. The predicted molar refractivity (Wildman–Crippen MR) is 66.4 cm³/mol. The molecule has 0 heterocycles. The molecule has 3 heteroatoms. The van der Waals surface area contributed by atoms with Crippen LogP contribution in [0.3, 0.4) is 0 Å². The van der Waals surface area contributed by atoms with E-state index < -0.39 is 0 Å². The summed E-state index contributed by atoms with van der Waals surface area (Å²) in [4.78, 5) is 1.04. The van der Waals surface area contributed by atoms with E-state index in [1.54, 1.807) is 17.8 Å². The molecule has 0 aromatic heterocycles. The molecule has 0 atom stereocenters. The summed E-state index contributed by atoms with van der Waals surface area (Å²) in [7, 11) is 0. The highest BCUT2D eigenvalue weighted by molar-refractivity contribution is 7.99. The van der Waals surface area contributed by atoms with Crippen molar-refractivity contribution in [2.45, 2.75) is 31.1 Å². The number of benzene rings is 1. The molecule has 0 amide bonds. The van der Waals surface area contributed by atoms with Gasteiger partial charge >= 0.3 is 0 Å². The second-order valence-electron chi connectivity index (χ2n) is 3.31. The van der Waals surface area contributed by atoms with Crippen LogP contribution in [-0.4, -0.2) is 5.75 Å². The van der Waals surface area contributed by atoms with Crippen LogP contribution >= 0.6 is 23.4 Å². The number of thioether (sulfide) groups is 1. The zero-order valence-electron chi connectivity index (χ0n) is 8.79. The van der Waals surface area contributed by atoms with E-state index in [1.165, 1.54) is 19.3 Å². The van der Waals surface area contributed by atoms with E-state index in [4.69, 9.17) is 16.9 Å². The van der Waals surface area contributed by atoms with Crippen LogP contribution in [0.15, 0.2) is 23.1 Å². The van der Waals surface area contributed by atoms with Crippen LogP contribution in [0, 0.1) is 11.3 Å². The number of hydrogen-bond acceptors (Lipinski definition) is 2. The molecule has 0 aliphatic heterocycles. The quantitative estimate of drug-likeness (QED) is 0.558. The van der Waals surface area contributed by atoms with E-state index in [-0.39, 0.29) is 0 Å². The molecular formula is C12H14ClNS. The van der Waals surface area contributed by atoms with Gasteiger partial charge in [-0.1, -0.05) is 31.4 Å². The normalized spacial score (nSPS) is 9.93. The first-order chi connectivity index (χ1) is 7.27. The third kappa shape index (κ3) is 4.15. The second kappa shape index (κ2) is 6.76. The fourth-order valence-corrected chi connectivity index (χ4v) is 2.41. The third-order valence-electron chi connectivity index (χ3n) is 2.07. The predicted octanol–water partition coefficient (Wildman–Crippen LogP) is 4.49. The fraction of sp³-hybridized carbons (Fsp3) is 0.417. The molecule has 0 fully saturated rings. The Morgan fingerprint density at radius 2 is 2.20 bits per heavy atom. The van der Waals surface area contributed by atoms with Crippen molar-refractivity contribution in [3.63, 3.8) is 0 Å². The van der Waals surface area contributed by atoms with Crippen molar-refractivity contribution in [2.75, 3.05) is 5.75 Å². The van der Waals surface area contributed by atoms with Gasteiger partial charge in [0, 0.05) is 9.92 Å². The summed E-state index contributed by atoms with van der Waals surface area (Å²) in [6.07, 6.45) is 3.68. The van der Waals surface area contributed by atoms with E-state index in [0.717, 1.165) is 10.6 Å². The molecular weight excluding hydrogens is 226 g/mol. The Balaban J connectivity index is 2.57. The first kappa shape index (κ1) is 12.4. The maximum absolute atomic E-state index is 8.92. The van der Waals surface area contributed by atoms with Gasteiger partial charge < -0.3 is 0 Å². The summed E-state index contributed by atoms with van der Waals surface area (Å²) in [5.74, 6) is 1.07. The molecule has 0 radical (unpaired) electrons. The van der Waals surface area contributed by atoms with Gasteiger partial charge in [0.05, 0.1) is 5.56 Å². The highest BCUT2D eigenvalue weighted by atomic mass is 35.5. The van der Waals surface area contributed by atoms with Crippen molar-refractivity contribution < 1.29 is 0 Å². The Morgan fingerprint density at radius 1 is 1.40 bits per heavy atom. The van der Waals surface area contributed by atoms with Crippen molar-refractivity contribution >= 4 is 23.4 Å². The molecule has 0 aliphatic rings. The summed E-state index contributed by atoms with van der Waals surface area (Å²) in [6.45, 7) is 2.19. The standard InChI is InChI=1S/C12H14ClNS/c1-2-3-4-7-15-12-6-5-11(13)8-10(12)9-14/h5-6,8H,2-4,7H2,1H3. The molecule has 0 saturated carbocycles. The molecule has 0 bridgehead atoms. The van der Waals surface area contributed by atoms with Crippen molar-refractivity contribution in [3.8, 4) is 6.07 Å². The van der Waals surface area contributed by atoms with Crippen LogP contribution in [0.1, 0.15) is 31.7 Å². The van der Waals surface area contributed by atoms with E-state index in [1.807, 2.05) is 12.1 Å². The van der Waals surface area contributed by atoms with Crippen molar-refractivity contribution in [2.24, 2.45) is 0 Å². The number of nitrogens with zero attached hydrogens (tertiary/aromatic N) is 1. The zero-order chi connectivity index (χ0) is 11.1. The average molecular weight is 240 g/mol. The molecule has 1 nitrogen and oxygen atoms in total. The SMILES string of the molecule is CCCCCSc1ccc(Cl)cc1C#N. The van der Waals surface area contributed by atoms with Crippen molar-refractivity contribution in [1.29, 1.82) is 5.26 Å². The number of unbranched alkanes of at least 4 members (excludes halogenated alkanes) is 2. The lowest BCUT2D eigenvalue weighted by Crippen LogP contribution is -1.84. The molecule has 1 rings (SSSR count). The van der Waals surface area contributed by atoms with Gasteiger partial charge in [-0.2, -0.15) is 5.26 Å². The molecule has 0 N–H and O–H groups in total. The van der Waals surface area contributed by atoms with E-state index in [2.05, 4.69) is 13.0 Å². The van der Waals surface area contributed by atoms with Gasteiger partial charge in [0.2, 0.25) is 0 Å². The lowest BCUT2D eigenvalue weighted by atomic mass is 10.2. The van der Waals surface area contributed by atoms with E-state index >= 15 is 0 Å². The summed E-state index contributed by atoms with van der Waals surface area (Å²) in [5.41, 5.74) is 0.684. The van der Waals surface area contributed by atoms with E-state index in [0.29, 0.717) is 10.6 Å². The first-order valence-electron chi connectivity index (χ1n) is 5.10. The first-order valence-corrected chi connectivity index (χ1v) is 6.46. The Kier molecular flexibility index (Phi) is 5.60. The Morgan fingerprint density at radius 3 is 2.87 bits per heavy atom. The Hall–Kier alpha value is -0.650. The van der Waals surface area contributed by atoms with Gasteiger partial charge in [0.1, 0.15) is 6.07 Å². The van der Waals surface area contributed by atoms with Gasteiger partial charge in [-0.15, -0.1) is 11.8 Å². The van der Waals surface area contributed by atoms with Crippen LogP contribution in [0.5, 0.6) is 0 Å². The molecule has 80 valence electrons. The molecule has 15 heavy (non-hydrogen) atoms. The van der Waals surface area contributed by atoms with Crippen LogP contribution in [0.2, 0.25) is 5.02 Å². The van der Waals surface area contributed by atoms with Gasteiger partial charge in [-0.3, -0.25) is 0 Å². The molecule has 0 saturated heterocycles. The number of hydrogen-bond donors (Lipinski definition) is 0. The minimum absolute atomic E-state index is 0.629. The van der Waals surface area contributed by atoms with Crippen LogP contribution in [0.25, 0.3) is 0 Å². The van der Waals surface area contributed by atoms with E-state index in [9.17, 15) is 0 Å². The summed E-state index contributed by atoms with van der Waals surface area (Å²) in [6, 6.07) is 7.66. The average Bonchev–Trinajstić information content (AvgIpc) is 2.26. The monoisotopic (exact) mass is 239 g/mol. The molecule has 1 aromatic rings. The molecule has 0 unspecified atom stereocenters. The number of nitriles is 1. The minimum Gasteiger partial charge on any atom is -0.192 e. The largest absolute Gasteiger partial charge is 0.192 e. The summed E-state index contributed by atoms with van der Waals surface area (Å²) < 4.78 is 0. The van der Waals surface area contributed by atoms with Crippen LogP contribution in [-0.2, 0) is 0 Å². The summed E-state index contributed by atoms with van der Waals surface area (Å²) >= 11 is 7.56.